The molecule has 2 unspecified atom stereocenters. The van der Waals surface area contributed by atoms with E-state index in [1.54, 1.807) is 6.92 Å². The van der Waals surface area contributed by atoms with E-state index in [0.29, 0.717) is 0 Å². The zero-order valence-electron chi connectivity index (χ0n) is 20.8. The van der Waals surface area contributed by atoms with Crippen LogP contribution in [0.2, 0.25) is 0 Å². The van der Waals surface area contributed by atoms with Crippen LogP contribution in [0.25, 0.3) is 0 Å². The number of rotatable bonds is 6. The molecular weight excluding hydrogens is 568 g/mol. The minimum absolute atomic E-state index is 0.0197. The number of pyridine rings is 1. The Morgan fingerprint density at radius 3 is 2.35 bits per heavy atom. The highest BCUT2D eigenvalue weighted by molar-refractivity contribution is 7.86. The largest absolute Gasteiger partial charge is 0.573 e. The average molecular weight is 590 g/mol. The van der Waals surface area contributed by atoms with Crippen LogP contribution in [0.1, 0.15) is 30.7 Å². The zero-order chi connectivity index (χ0) is 29.5. The van der Waals surface area contributed by atoms with Crippen LogP contribution >= 0.6 is 0 Å². The molecule has 214 valence electrons. The summed E-state index contributed by atoms with van der Waals surface area (Å²) >= 11 is 0. The molecule has 1 aliphatic heterocycles. The third-order valence-electron chi connectivity index (χ3n) is 5.80. The van der Waals surface area contributed by atoms with Crippen LogP contribution in [0.15, 0.2) is 59.5 Å². The van der Waals surface area contributed by atoms with Gasteiger partial charge in [0, 0.05) is 5.56 Å². The molecule has 2 heterocycles. The second-order valence-corrected chi connectivity index (χ2v) is 10.1. The van der Waals surface area contributed by atoms with Gasteiger partial charge in [0.05, 0.1) is 29.4 Å². The summed E-state index contributed by atoms with van der Waals surface area (Å²) in [5.41, 5.74) is -2.83. The highest BCUT2D eigenvalue weighted by Crippen LogP contribution is 2.41. The normalized spacial score (nSPS) is 15.6. The van der Waals surface area contributed by atoms with E-state index < -0.39 is 46.5 Å². The molecule has 0 spiro atoms. The number of anilines is 3. The van der Waals surface area contributed by atoms with Crippen LogP contribution in [0.5, 0.6) is 5.75 Å². The van der Waals surface area contributed by atoms with Crippen LogP contribution in [0, 0.1) is 0 Å². The van der Waals surface area contributed by atoms with Crippen LogP contribution < -0.4 is 14.4 Å². The van der Waals surface area contributed by atoms with Gasteiger partial charge in [0.1, 0.15) is 17.3 Å². The van der Waals surface area contributed by atoms with Crippen molar-refractivity contribution in [3.8, 4) is 5.75 Å². The molecular formula is C25H21F6N3O5S. The molecule has 8 nitrogen and oxygen atoms in total. The molecule has 0 saturated heterocycles. The van der Waals surface area contributed by atoms with Crippen molar-refractivity contribution < 1.29 is 49.9 Å². The first-order chi connectivity index (χ1) is 18.6. The lowest BCUT2D eigenvalue weighted by molar-refractivity contribution is -0.274. The number of esters is 1. The number of nitrogens with one attached hydrogen (secondary N) is 1. The average Bonchev–Trinajstić information content (AvgIpc) is 3.03. The van der Waals surface area contributed by atoms with E-state index >= 15 is 0 Å². The summed E-state index contributed by atoms with van der Waals surface area (Å²) in [5.74, 6) is -1.69. The van der Waals surface area contributed by atoms with E-state index in [1.807, 2.05) is 0 Å². The molecule has 1 aromatic heterocycles. The number of halogens is 6. The zero-order valence-corrected chi connectivity index (χ0v) is 21.6. The second-order valence-electron chi connectivity index (χ2n) is 8.66. The lowest BCUT2D eigenvalue weighted by Gasteiger charge is -2.27. The van der Waals surface area contributed by atoms with Gasteiger partial charge >= 0.3 is 18.5 Å². The molecule has 0 radical (unpaired) electrons. The summed E-state index contributed by atoms with van der Waals surface area (Å²) in [6.45, 7) is 2.45. The van der Waals surface area contributed by atoms with Crippen LogP contribution in [0.4, 0.5) is 43.5 Å². The SMILES string of the molecule is CCOC(=O)C(C)(O)c1ccc2c(c1)N(S(=O)c1ccc(OC(F)(F)F)cc1)Cc1ccc(C(F)(F)F)nc1N2. The van der Waals surface area contributed by atoms with E-state index in [9.17, 15) is 40.5 Å². The fraction of sp³-hybridized carbons (Fsp3) is 0.280. The minimum Gasteiger partial charge on any atom is -0.464 e. The van der Waals surface area contributed by atoms with Gasteiger partial charge in [0.25, 0.3) is 0 Å². The lowest BCUT2D eigenvalue weighted by Crippen LogP contribution is -2.34. The Morgan fingerprint density at radius 1 is 1.07 bits per heavy atom. The van der Waals surface area contributed by atoms with E-state index in [2.05, 4.69) is 15.0 Å². The van der Waals surface area contributed by atoms with Gasteiger partial charge in [-0.25, -0.2) is 14.0 Å². The molecule has 0 bridgehead atoms. The first-order valence-corrected chi connectivity index (χ1v) is 12.6. The standard InChI is InChI=1S/C25H21F6N3O5S/c1-3-38-22(35)23(2,36)15-5-10-18-19(12-15)34(13-14-4-11-20(24(26,27)28)33-21(14)32-18)40(37)17-8-6-16(7-9-17)39-25(29,30)31/h4-12,36H,3,13H2,1-2H3,(H,32,33). The summed E-state index contributed by atoms with van der Waals surface area (Å²) in [4.78, 5) is 16.1. The van der Waals surface area contributed by atoms with Crippen molar-refractivity contribution in [1.82, 2.24) is 4.98 Å². The second kappa shape index (κ2) is 10.6. The summed E-state index contributed by atoms with van der Waals surface area (Å²) in [7, 11) is -2.14. The molecule has 40 heavy (non-hydrogen) atoms. The predicted molar refractivity (Wildman–Crippen MR) is 131 cm³/mol. The van der Waals surface area contributed by atoms with Gasteiger partial charge in [-0.2, -0.15) is 13.2 Å². The maximum Gasteiger partial charge on any atom is 0.573 e. The van der Waals surface area contributed by atoms with Crippen LogP contribution in [-0.4, -0.2) is 33.2 Å². The quantitative estimate of drug-likeness (QED) is 0.287. The first-order valence-electron chi connectivity index (χ1n) is 11.5. The van der Waals surface area contributed by atoms with Gasteiger partial charge < -0.3 is 19.9 Å². The Bertz CT molecular complexity index is 1440. The molecule has 4 rings (SSSR count). The van der Waals surface area contributed by atoms with Gasteiger partial charge in [-0.15, -0.1) is 13.2 Å². The van der Waals surface area contributed by atoms with E-state index in [4.69, 9.17) is 4.74 Å². The molecule has 3 aromatic rings. The van der Waals surface area contributed by atoms with Gasteiger partial charge in [-0.1, -0.05) is 12.1 Å². The van der Waals surface area contributed by atoms with Crippen LogP contribution in [-0.2, 0) is 38.8 Å². The van der Waals surface area contributed by atoms with Crippen molar-refractivity contribution in [3.63, 3.8) is 0 Å². The van der Waals surface area contributed by atoms with E-state index in [-0.39, 0.29) is 46.4 Å². The molecule has 2 atom stereocenters. The van der Waals surface area contributed by atoms with Crippen molar-refractivity contribution in [1.29, 1.82) is 0 Å². The number of hydrogen-bond acceptors (Lipinski definition) is 7. The summed E-state index contributed by atoms with van der Waals surface area (Å²) in [6, 6.07) is 10.1. The predicted octanol–water partition coefficient (Wildman–Crippen LogP) is 5.56. The highest BCUT2D eigenvalue weighted by Gasteiger charge is 2.37. The summed E-state index contributed by atoms with van der Waals surface area (Å²) < 4.78 is 101. The smallest absolute Gasteiger partial charge is 0.464 e. The van der Waals surface area contributed by atoms with E-state index in [1.165, 1.54) is 29.4 Å². The van der Waals surface area contributed by atoms with Crippen molar-refractivity contribution in [2.45, 2.75) is 43.4 Å². The van der Waals surface area contributed by atoms with Crippen molar-refractivity contribution in [2.24, 2.45) is 0 Å². The number of aliphatic hydroxyl groups is 1. The fourth-order valence-electron chi connectivity index (χ4n) is 3.82. The molecule has 0 saturated carbocycles. The molecule has 0 fully saturated rings. The Hall–Kier alpha value is -3.85. The van der Waals surface area contributed by atoms with Crippen molar-refractivity contribution in [3.05, 3.63) is 71.4 Å². The van der Waals surface area contributed by atoms with Gasteiger partial charge in [-0.05, 0) is 61.9 Å². The Labute approximate surface area is 226 Å². The minimum atomic E-state index is -4.94. The number of hydrogen-bond donors (Lipinski definition) is 2. The maximum absolute atomic E-state index is 13.7. The molecule has 2 aromatic carbocycles. The number of aromatic nitrogens is 1. The number of ether oxygens (including phenoxy) is 2. The lowest BCUT2D eigenvalue weighted by atomic mass is 9.95. The molecule has 0 amide bonds. The van der Waals surface area contributed by atoms with Gasteiger partial charge in [-0.3, -0.25) is 4.31 Å². The Morgan fingerprint density at radius 2 is 1.75 bits per heavy atom. The summed E-state index contributed by atoms with van der Waals surface area (Å²) in [6.07, 6.45) is -9.68. The van der Waals surface area contributed by atoms with E-state index in [0.717, 1.165) is 36.4 Å². The number of alkyl halides is 6. The van der Waals surface area contributed by atoms with Gasteiger partial charge in [0.15, 0.2) is 16.6 Å². The number of nitrogens with zero attached hydrogens (tertiary/aromatic N) is 2. The molecule has 0 aliphatic carbocycles. The number of fused-ring (bicyclic) bond motifs is 2. The van der Waals surface area contributed by atoms with Crippen LogP contribution in [0.3, 0.4) is 0 Å². The van der Waals surface area contributed by atoms with Gasteiger partial charge in [0.2, 0.25) is 0 Å². The monoisotopic (exact) mass is 589 g/mol. The Kier molecular flexibility index (Phi) is 7.73. The number of carbonyl (C=O) groups is 1. The molecule has 1 aliphatic rings. The molecule has 2 N–H and O–H groups in total. The molecule has 15 heteroatoms. The Balaban J connectivity index is 1.81. The first kappa shape index (κ1) is 29.1. The van der Waals surface area contributed by atoms with Crippen molar-refractivity contribution >= 4 is 34.1 Å². The fourth-order valence-corrected chi connectivity index (χ4v) is 5.03. The maximum atomic E-state index is 13.7. The number of carbonyl (C=O) groups excluding carboxylic acids is 1. The van der Waals surface area contributed by atoms with Crippen molar-refractivity contribution in [2.75, 3.05) is 16.2 Å². The topological polar surface area (TPSA) is 101 Å². The third-order valence-corrected chi connectivity index (χ3v) is 7.20. The number of benzene rings is 2. The summed E-state index contributed by atoms with van der Waals surface area (Å²) in [5, 5.41) is 13.7. The third kappa shape index (κ3) is 6.14. The highest BCUT2D eigenvalue weighted by atomic mass is 32.2.